The van der Waals surface area contributed by atoms with E-state index in [1.54, 1.807) is 0 Å². The Morgan fingerprint density at radius 1 is 1.00 bits per heavy atom. The summed E-state index contributed by atoms with van der Waals surface area (Å²) in [5, 5.41) is 18.5. The molecule has 0 aromatic heterocycles. The second kappa shape index (κ2) is 13.1. The van der Waals surface area contributed by atoms with Crippen molar-refractivity contribution in [1.82, 2.24) is 0 Å². The topological polar surface area (TPSA) is 80.3 Å². The molecule has 0 aromatic rings. The molecule has 5 heteroatoms. The molecule has 0 atom stereocenters. The van der Waals surface area contributed by atoms with Gasteiger partial charge in [0, 0.05) is 11.9 Å². The van der Waals surface area contributed by atoms with Crippen LogP contribution in [0, 0.1) is 0 Å². The van der Waals surface area contributed by atoms with Crippen molar-refractivity contribution in [1.29, 1.82) is 0 Å². The molecule has 0 radical (unpaired) electrons. The van der Waals surface area contributed by atoms with Crippen LogP contribution in [-0.4, -0.2) is 60.8 Å². The maximum atomic E-state index is 9.26. The summed E-state index contributed by atoms with van der Waals surface area (Å²) in [6.45, 7) is 3.07. The van der Waals surface area contributed by atoms with Gasteiger partial charge < -0.3 is 19.8 Å². The van der Waals surface area contributed by atoms with Crippen molar-refractivity contribution in [3.05, 3.63) is 0 Å². The molecule has 0 spiro atoms. The number of carbonyl (C=O) groups is 2. The average Bonchev–Trinajstić information content (AvgIpc) is 1.89. The predicted molar refractivity (Wildman–Crippen MR) is 36.4 cm³/mol. The van der Waals surface area contributed by atoms with Gasteiger partial charge in [-0.2, -0.15) is 0 Å². The van der Waals surface area contributed by atoms with Gasteiger partial charge in [0.2, 0.25) is 0 Å². The van der Waals surface area contributed by atoms with Gasteiger partial charge in [-0.25, -0.2) is 0 Å². The minimum atomic E-state index is -0.995. The van der Waals surface area contributed by atoms with Gasteiger partial charge in [-0.15, -0.1) is 0 Å². The van der Waals surface area contributed by atoms with Crippen LogP contribution in [0.1, 0.15) is 26.7 Å². The third-order valence-electron chi connectivity index (χ3n) is 0.577. The fourth-order valence-electron chi connectivity index (χ4n) is 0. The molecule has 0 fully saturated rings. The zero-order valence-corrected chi connectivity index (χ0v) is 11.2. The van der Waals surface area contributed by atoms with E-state index in [0.717, 1.165) is 0 Å². The normalized spacial score (nSPS) is 6.73. The number of rotatable bonds is 2. The standard InChI is InChI=1S/2C3H6O2.Ba/c2*1-2-3(4)5;/h2*2H2,1H3,(H,4,5);/q;;+2/p-2. The third kappa shape index (κ3) is 37.4. The third-order valence-corrected chi connectivity index (χ3v) is 0.577. The Morgan fingerprint density at radius 2 is 1.09 bits per heavy atom. The van der Waals surface area contributed by atoms with E-state index in [1.807, 2.05) is 0 Å². The zero-order valence-electron chi connectivity index (χ0n) is 6.75. The molecular formula is C6H10BaO4. The van der Waals surface area contributed by atoms with Gasteiger partial charge in [0.05, 0.1) is 0 Å². The van der Waals surface area contributed by atoms with Crippen molar-refractivity contribution in [2.75, 3.05) is 0 Å². The van der Waals surface area contributed by atoms with Crippen molar-refractivity contribution in [3.63, 3.8) is 0 Å². The first-order valence-electron chi connectivity index (χ1n) is 2.94. The molecule has 0 aromatic carbocycles. The van der Waals surface area contributed by atoms with Crippen LogP contribution in [-0.2, 0) is 9.59 Å². The van der Waals surface area contributed by atoms with Crippen LogP contribution in [0.2, 0.25) is 0 Å². The largest absolute Gasteiger partial charge is 2.00 e. The van der Waals surface area contributed by atoms with Crippen LogP contribution in [0.15, 0.2) is 0 Å². The first-order chi connectivity index (χ1) is 4.54. The van der Waals surface area contributed by atoms with Crippen molar-refractivity contribution >= 4 is 60.8 Å². The van der Waals surface area contributed by atoms with Crippen LogP contribution < -0.4 is 10.2 Å². The van der Waals surface area contributed by atoms with Crippen molar-refractivity contribution in [2.24, 2.45) is 0 Å². The van der Waals surface area contributed by atoms with E-state index >= 15 is 0 Å². The summed E-state index contributed by atoms with van der Waals surface area (Å²) in [5.74, 6) is -1.99. The van der Waals surface area contributed by atoms with Gasteiger partial charge >= 0.3 is 48.9 Å². The van der Waals surface area contributed by atoms with Crippen molar-refractivity contribution < 1.29 is 19.8 Å². The molecule has 0 heterocycles. The van der Waals surface area contributed by atoms with Gasteiger partial charge in [0.15, 0.2) is 0 Å². The fraction of sp³-hybridized carbons (Fsp3) is 0.667. The zero-order chi connectivity index (χ0) is 8.57. The van der Waals surface area contributed by atoms with E-state index in [-0.39, 0.29) is 61.7 Å². The van der Waals surface area contributed by atoms with E-state index in [1.165, 1.54) is 13.8 Å². The number of carboxylic acids is 2. The quantitative estimate of drug-likeness (QED) is 0.544. The smallest absolute Gasteiger partial charge is 0.550 e. The van der Waals surface area contributed by atoms with Gasteiger partial charge in [-0.05, 0) is 12.8 Å². The monoisotopic (exact) mass is 284 g/mol. The van der Waals surface area contributed by atoms with E-state index in [2.05, 4.69) is 0 Å². The van der Waals surface area contributed by atoms with Gasteiger partial charge in [0.1, 0.15) is 0 Å². The minimum Gasteiger partial charge on any atom is -0.550 e. The van der Waals surface area contributed by atoms with Crippen LogP contribution >= 0.6 is 0 Å². The first kappa shape index (κ1) is 17.6. The van der Waals surface area contributed by atoms with E-state index in [0.29, 0.717) is 0 Å². The van der Waals surface area contributed by atoms with Crippen molar-refractivity contribution in [2.45, 2.75) is 26.7 Å². The Labute approximate surface area is 106 Å². The fourth-order valence-corrected chi connectivity index (χ4v) is 0. The molecule has 0 aliphatic carbocycles. The van der Waals surface area contributed by atoms with Gasteiger partial charge in [-0.1, -0.05) is 13.8 Å². The van der Waals surface area contributed by atoms with Crippen LogP contribution in [0.5, 0.6) is 0 Å². The molecule has 0 rings (SSSR count). The van der Waals surface area contributed by atoms with Gasteiger partial charge in [0.25, 0.3) is 0 Å². The van der Waals surface area contributed by atoms with Crippen molar-refractivity contribution in [3.8, 4) is 0 Å². The molecule has 0 aliphatic heterocycles. The molecule has 11 heavy (non-hydrogen) atoms. The summed E-state index contributed by atoms with van der Waals surface area (Å²) in [6.07, 6.45) is 0.222. The molecule has 0 bridgehead atoms. The summed E-state index contributed by atoms with van der Waals surface area (Å²) < 4.78 is 0. The molecule has 4 nitrogen and oxygen atoms in total. The predicted octanol–water partition coefficient (Wildman–Crippen LogP) is -2.09. The maximum absolute atomic E-state index is 9.26. The molecule has 0 amide bonds. The SMILES string of the molecule is CCC(=O)[O-].CCC(=O)[O-].[Ba+2]. The summed E-state index contributed by atoms with van der Waals surface area (Å²) in [7, 11) is 0. The Kier molecular flexibility index (Phi) is 21.0. The summed E-state index contributed by atoms with van der Waals surface area (Å²) in [6, 6.07) is 0. The number of hydrogen-bond acceptors (Lipinski definition) is 4. The Bertz CT molecular complexity index is 99.1. The number of aliphatic carboxylic acids is 2. The summed E-state index contributed by atoms with van der Waals surface area (Å²) in [5.41, 5.74) is 0. The molecule has 0 saturated heterocycles. The molecule has 0 aliphatic rings. The van der Waals surface area contributed by atoms with Crippen LogP contribution in [0.3, 0.4) is 0 Å². The Morgan fingerprint density at radius 3 is 1.09 bits per heavy atom. The Hall–Kier alpha value is 0.511. The summed E-state index contributed by atoms with van der Waals surface area (Å²) in [4.78, 5) is 18.5. The minimum absolute atomic E-state index is 0. The van der Waals surface area contributed by atoms with Crippen LogP contribution in [0.25, 0.3) is 0 Å². The summed E-state index contributed by atoms with van der Waals surface area (Å²) >= 11 is 0. The molecule has 0 N–H and O–H groups in total. The second-order valence-electron chi connectivity index (χ2n) is 1.45. The molecule has 0 unspecified atom stereocenters. The Balaban J connectivity index is -0.000000107. The van der Waals surface area contributed by atoms with Gasteiger partial charge in [-0.3, -0.25) is 0 Å². The number of hydrogen-bond donors (Lipinski definition) is 0. The van der Waals surface area contributed by atoms with E-state index < -0.39 is 11.9 Å². The molecule has 0 saturated carbocycles. The molecular weight excluding hydrogens is 273 g/mol. The van der Waals surface area contributed by atoms with Crippen LogP contribution in [0.4, 0.5) is 0 Å². The molecule has 60 valence electrons. The van der Waals surface area contributed by atoms with E-state index in [9.17, 15) is 19.8 Å². The number of carboxylic acid groups (broad SMARTS) is 2. The first-order valence-corrected chi connectivity index (χ1v) is 2.94. The average molecular weight is 283 g/mol. The second-order valence-corrected chi connectivity index (χ2v) is 1.45. The van der Waals surface area contributed by atoms with E-state index in [4.69, 9.17) is 0 Å². The number of carbonyl (C=O) groups excluding carboxylic acids is 2. The maximum Gasteiger partial charge on any atom is 2.00 e.